The van der Waals surface area contributed by atoms with Crippen LogP contribution in [0.4, 0.5) is 0 Å². The van der Waals surface area contributed by atoms with Crippen LogP contribution in [0, 0.1) is 29.6 Å². The number of pyridine rings is 1. The quantitative estimate of drug-likeness (QED) is 0.918. The Morgan fingerprint density at radius 3 is 2.35 bits per heavy atom. The summed E-state index contributed by atoms with van der Waals surface area (Å²) in [6.07, 6.45) is 9.12. The highest BCUT2D eigenvalue weighted by molar-refractivity contribution is 5.10. The first-order chi connectivity index (χ1) is 9.74. The van der Waals surface area contributed by atoms with Gasteiger partial charge in [0, 0.05) is 24.8 Å². The molecule has 0 aromatic carbocycles. The van der Waals surface area contributed by atoms with Gasteiger partial charge >= 0.3 is 0 Å². The summed E-state index contributed by atoms with van der Waals surface area (Å²) >= 11 is 0. The molecule has 1 heterocycles. The monoisotopic (exact) mass is 272 g/mol. The Labute approximate surface area is 120 Å². The van der Waals surface area contributed by atoms with E-state index in [1.54, 1.807) is 0 Å². The van der Waals surface area contributed by atoms with E-state index in [2.05, 4.69) is 0 Å². The molecule has 3 nitrogen and oxygen atoms in total. The lowest BCUT2D eigenvalue weighted by Crippen LogP contribution is -2.47. The average molecular weight is 272 g/mol. The molecule has 2 N–H and O–H groups in total. The topological polar surface area (TPSA) is 48.0 Å². The first-order valence-corrected chi connectivity index (χ1v) is 8.13. The van der Waals surface area contributed by atoms with Crippen molar-refractivity contribution in [2.75, 3.05) is 0 Å². The van der Waals surface area contributed by atoms with Gasteiger partial charge in [0.25, 0.3) is 5.56 Å². The zero-order valence-electron chi connectivity index (χ0n) is 12.0. The summed E-state index contributed by atoms with van der Waals surface area (Å²) in [6, 6.07) is 3.83. The minimum absolute atomic E-state index is 0.129. The molecule has 4 fully saturated rings. The number of nitrogens with zero attached hydrogens (tertiary/aromatic N) is 1. The van der Waals surface area contributed by atoms with E-state index in [1.807, 2.05) is 22.9 Å². The van der Waals surface area contributed by atoms with Crippen LogP contribution in [-0.2, 0) is 13.1 Å². The van der Waals surface area contributed by atoms with Gasteiger partial charge in [-0.25, -0.2) is 0 Å². The number of nitrogens with two attached hydrogens (primary N) is 1. The van der Waals surface area contributed by atoms with Crippen molar-refractivity contribution in [2.24, 2.45) is 35.3 Å². The second kappa shape index (κ2) is 4.73. The molecule has 0 unspecified atom stereocenters. The molecule has 4 aliphatic carbocycles. The summed E-state index contributed by atoms with van der Waals surface area (Å²) in [5, 5.41) is 0. The van der Waals surface area contributed by atoms with Gasteiger partial charge in [-0.3, -0.25) is 4.79 Å². The summed E-state index contributed by atoms with van der Waals surface area (Å²) in [7, 11) is 0. The van der Waals surface area contributed by atoms with Crippen molar-refractivity contribution in [3.05, 3.63) is 34.2 Å². The highest BCUT2D eigenvalue weighted by atomic mass is 16.1. The summed E-state index contributed by atoms with van der Waals surface area (Å²) in [5.74, 6) is 4.48. The molecule has 20 heavy (non-hydrogen) atoms. The van der Waals surface area contributed by atoms with Crippen LogP contribution in [-0.4, -0.2) is 4.57 Å². The molecule has 4 aliphatic rings. The van der Waals surface area contributed by atoms with Crippen LogP contribution < -0.4 is 11.3 Å². The highest BCUT2D eigenvalue weighted by Crippen LogP contribution is 2.56. The summed E-state index contributed by atoms with van der Waals surface area (Å²) in [5.41, 5.74) is 6.53. The van der Waals surface area contributed by atoms with Crippen molar-refractivity contribution in [3.8, 4) is 0 Å². The van der Waals surface area contributed by atoms with E-state index in [9.17, 15) is 4.79 Å². The molecule has 0 spiro atoms. The molecular weight excluding hydrogens is 248 g/mol. The second-order valence-electron chi connectivity index (χ2n) is 7.29. The van der Waals surface area contributed by atoms with E-state index in [1.165, 1.54) is 32.1 Å². The molecule has 5 rings (SSSR count). The molecule has 0 atom stereocenters. The molecular formula is C17H24N2O. The van der Waals surface area contributed by atoms with Crippen LogP contribution in [0.2, 0.25) is 0 Å². The Hall–Kier alpha value is -1.09. The van der Waals surface area contributed by atoms with Gasteiger partial charge in [0.05, 0.1) is 0 Å². The van der Waals surface area contributed by atoms with Gasteiger partial charge < -0.3 is 10.3 Å². The molecule has 0 saturated heterocycles. The van der Waals surface area contributed by atoms with Crippen molar-refractivity contribution in [2.45, 2.75) is 45.2 Å². The molecule has 0 aliphatic heterocycles. The van der Waals surface area contributed by atoms with E-state index in [0.717, 1.165) is 41.7 Å². The molecule has 1 aromatic rings. The standard InChI is InChI=1S/C17H24N2O/c18-9-13-2-1-3-19(17(13)20)10-16-14-5-11-4-12(7-14)8-15(16)6-11/h1-3,11-12,14-16H,4-10,18H2. The number of hydrogen-bond donors (Lipinski definition) is 1. The van der Waals surface area contributed by atoms with Gasteiger partial charge in [-0.2, -0.15) is 0 Å². The normalized spacial score (nSPS) is 38.4. The van der Waals surface area contributed by atoms with Gasteiger partial charge in [-0.1, -0.05) is 6.07 Å². The number of aromatic nitrogens is 1. The molecule has 1 aromatic heterocycles. The van der Waals surface area contributed by atoms with Gasteiger partial charge in [-0.05, 0) is 67.8 Å². The maximum absolute atomic E-state index is 12.3. The maximum Gasteiger partial charge on any atom is 0.255 e. The van der Waals surface area contributed by atoms with Crippen molar-refractivity contribution in [1.29, 1.82) is 0 Å². The minimum atomic E-state index is 0.129. The molecule has 3 heteroatoms. The number of rotatable bonds is 3. The lowest BCUT2D eigenvalue weighted by Gasteiger charge is -2.54. The highest BCUT2D eigenvalue weighted by Gasteiger charge is 2.48. The molecule has 4 bridgehead atoms. The third-order valence-corrected chi connectivity index (χ3v) is 6.15. The summed E-state index contributed by atoms with van der Waals surface area (Å²) in [4.78, 5) is 12.3. The van der Waals surface area contributed by atoms with Crippen LogP contribution in [0.5, 0.6) is 0 Å². The van der Waals surface area contributed by atoms with Gasteiger partial charge in [0.2, 0.25) is 0 Å². The number of hydrogen-bond acceptors (Lipinski definition) is 2. The third kappa shape index (κ3) is 1.95. The zero-order valence-corrected chi connectivity index (χ0v) is 12.0. The van der Waals surface area contributed by atoms with Gasteiger partial charge in [0.1, 0.15) is 0 Å². The minimum Gasteiger partial charge on any atom is -0.326 e. The fraction of sp³-hybridized carbons (Fsp3) is 0.706. The lowest BCUT2D eigenvalue weighted by molar-refractivity contribution is -0.0433. The third-order valence-electron chi connectivity index (χ3n) is 6.15. The van der Waals surface area contributed by atoms with E-state index >= 15 is 0 Å². The predicted octanol–water partition coefficient (Wildman–Crippen LogP) is 2.38. The molecule has 108 valence electrons. The first kappa shape index (κ1) is 12.6. The van der Waals surface area contributed by atoms with Gasteiger partial charge in [-0.15, -0.1) is 0 Å². The van der Waals surface area contributed by atoms with Crippen LogP contribution in [0.1, 0.15) is 37.7 Å². The van der Waals surface area contributed by atoms with Crippen LogP contribution in [0.3, 0.4) is 0 Å². The Kier molecular flexibility index (Phi) is 2.99. The van der Waals surface area contributed by atoms with E-state index in [0.29, 0.717) is 6.54 Å². The Morgan fingerprint density at radius 1 is 1.10 bits per heavy atom. The van der Waals surface area contributed by atoms with Crippen molar-refractivity contribution >= 4 is 0 Å². The Balaban J connectivity index is 1.59. The molecule has 4 saturated carbocycles. The molecule has 0 radical (unpaired) electrons. The van der Waals surface area contributed by atoms with E-state index in [-0.39, 0.29) is 5.56 Å². The van der Waals surface area contributed by atoms with Crippen molar-refractivity contribution < 1.29 is 0 Å². The van der Waals surface area contributed by atoms with Crippen LogP contribution >= 0.6 is 0 Å². The van der Waals surface area contributed by atoms with Crippen molar-refractivity contribution in [1.82, 2.24) is 4.57 Å². The van der Waals surface area contributed by atoms with E-state index in [4.69, 9.17) is 5.73 Å². The first-order valence-electron chi connectivity index (χ1n) is 8.13. The fourth-order valence-electron chi connectivity index (χ4n) is 5.45. The zero-order chi connectivity index (χ0) is 13.7. The summed E-state index contributed by atoms with van der Waals surface area (Å²) < 4.78 is 1.93. The smallest absolute Gasteiger partial charge is 0.255 e. The van der Waals surface area contributed by atoms with Crippen molar-refractivity contribution in [3.63, 3.8) is 0 Å². The molecule has 0 amide bonds. The lowest BCUT2D eigenvalue weighted by atomic mass is 9.52. The second-order valence-corrected chi connectivity index (χ2v) is 7.29. The Morgan fingerprint density at radius 2 is 1.75 bits per heavy atom. The van der Waals surface area contributed by atoms with E-state index < -0.39 is 0 Å². The van der Waals surface area contributed by atoms with Gasteiger partial charge in [0.15, 0.2) is 0 Å². The van der Waals surface area contributed by atoms with Crippen LogP contribution in [0.15, 0.2) is 23.1 Å². The Bertz CT molecular complexity index is 534. The predicted molar refractivity (Wildman–Crippen MR) is 79.1 cm³/mol. The fourth-order valence-corrected chi connectivity index (χ4v) is 5.45. The average Bonchev–Trinajstić information content (AvgIpc) is 2.43. The SMILES string of the molecule is NCc1cccn(CC2C3CC4CC(C3)CC2C4)c1=O. The largest absolute Gasteiger partial charge is 0.326 e. The summed E-state index contributed by atoms with van der Waals surface area (Å²) in [6.45, 7) is 1.27. The maximum atomic E-state index is 12.3. The van der Waals surface area contributed by atoms with Crippen LogP contribution in [0.25, 0.3) is 0 Å².